The van der Waals surface area contributed by atoms with E-state index >= 15 is 0 Å². The molecule has 1 aliphatic rings. The SMILES string of the molecule is COc1ccc(-c2noc(CCC(=O)N3CCCC[C@@H]3c3nc4ccccc4s3)n2)cc1OC. The van der Waals surface area contributed by atoms with E-state index in [0.717, 1.165) is 46.6 Å². The number of rotatable bonds is 7. The molecule has 176 valence electrons. The maximum atomic E-state index is 13.2. The third-order valence-electron chi connectivity index (χ3n) is 6.08. The molecule has 0 saturated carbocycles. The van der Waals surface area contributed by atoms with Gasteiger partial charge >= 0.3 is 0 Å². The molecule has 5 rings (SSSR count). The number of fused-ring (bicyclic) bond motifs is 1. The summed E-state index contributed by atoms with van der Waals surface area (Å²) in [4.78, 5) is 24.5. The average molecular weight is 479 g/mol. The highest BCUT2D eigenvalue weighted by molar-refractivity contribution is 7.18. The zero-order chi connectivity index (χ0) is 23.5. The molecule has 0 bridgehead atoms. The number of carbonyl (C=O) groups is 1. The Labute approximate surface area is 201 Å². The minimum Gasteiger partial charge on any atom is -0.493 e. The van der Waals surface area contributed by atoms with Crippen molar-refractivity contribution in [2.45, 2.75) is 38.1 Å². The van der Waals surface area contributed by atoms with Gasteiger partial charge in [0, 0.05) is 24.9 Å². The van der Waals surface area contributed by atoms with Gasteiger partial charge in [0.15, 0.2) is 11.5 Å². The Hall–Kier alpha value is -3.46. The molecule has 2 aromatic heterocycles. The maximum Gasteiger partial charge on any atom is 0.227 e. The van der Waals surface area contributed by atoms with Gasteiger partial charge < -0.3 is 18.9 Å². The van der Waals surface area contributed by atoms with Crippen molar-refractivity contribution in [3.05, 3.63) is 53.4 Å². The summed E-state index contributed by atoms with van der Waals surface area (Å²) in [5.41, 5.74) is 1.75. The second-order valence-corrected chi connectivity index (χ2v) is 9.26. The molecule has 2 aromatic carbocycles. The first-order chi connectivity index (χ1) is 16.7. The Morgan fingerprint density at radius 3 is 2.79 bits per heavy atom. The van der Waals surface area contributed by atoms with Crippen LogP contribution in [0.15, 0.2) is 47.0 Å². The van der Waals surface area contributed by atoms with Gasteiger partial charge in [-0.05, 0) is 49.6 Å². The van der Waals surface area contributed by atoms with E-state index in [1.807, 2.05) is 29.2 Å². The fourth-order valence-corrected chi connectivity index (χ4v) is 5.44. The Balaban J connectivity index is 1.27. The van der Waals surface area contributed by atoms with Crippen molar-refractivity contribution in [2.75, 3.05) is 20.8 Å². The highest BCUT2D eigenvalue weighted by Crippen LogP contribution is 2.36. The Morgan fingerprint density at radius 1 is 1.12 bits per heavy atom. The Kier molecular flexibility index (Phi) is 6.44. The number of nitrogens with zero attached hydrogens (tertiary/aromatic N) is 4. The normalized spacial score (nSPS) is 16.1. The van der Waals surface area contributed by atoms with Gasteiger partial charge in [0.2, 0.25) is 17.6 Å². The molecule has 0 radical (unpaired) electrons. The number of carbonyl (C=O) groups excluding carboxylic acids is 1. The minimum atomic E-state index is 0.0312. The topological polar surface area (TPSA) is 90.6 Å². The van der Waals surface area contributed by atoms with Crippen LogP contribution in [0.1, 0.15) is 42.6 Å². The first-order valence-electron chi connectivity index (χ1n) is 11.4. The van der Waals surface area contributed by atoms with Crippen LogP contribution in [-0.4, -0.2) is 46.7 Å². The number of thiazole rings is 1. The molecule has 4 aromatic rings. The number of ether oxygens (including phenoxy) is 2. The predicted octanol–water partition coefficient (Wildman–Crippen LogP) is 5.05. The lowest BCUT2D eigenvalue weighted by Gasteiger charge is -2.34. The molecule has 0 unspecified atom stereocenters. The molecule has 3 heterocycles. The van der Waals surface area contributed by atoms with Gasteiger partial charge in [0.05, 0.1) is 30.5 Å². The molecule has 1 amide bonds. The van der Waals surface area contributed by atoms with Crippen LogP contribution < -0.4 is 9.47 Å². The van der Waals surface area contributed by atoms with E-state index in [9.17, 15) is 4.79 Å². The van der Waals surface area contributed by atoms with Crippen molar-refractivity contribution < 1.29 is 18.8 Å². The molecule has 0 N–H and O–H groups in total. The summed E-state index contributed by atoms with van der Waals surface area (Å²) in [5.74, 6) is 2.20. The summed E-state index contributed by atoms with van der Waals surface area (Å²) in [7, 11) is 3.17. The number of amides is 1. The van der Waals surface area contributed by atoms with Crippen LogP contribution in [0, 0.1) is 0 Å². The van der Waals surface area contributed by atoms with Crippen LogP contribution in [-0.2, 0) is 11.2 Å². The van der Waals surface area contributed by atoms with E-state index in [2.05, 4.69) is 16.2 Å². The van der Waals surface area contributed by atoms with Gasteiger partial charge in [-0.25, -0.2) is 4.98 Å². The number of para-hydroxylation sites is 1. The minimum absolute atomic E-state index is 0.0312. The lowest BCUT2D eigenvalue weighted by molar-refractivity contribution is -0.135. The Morgan fingerprint density at radius 2 is 1.97 bits per heavy atom. The van der Waals surface area contributed by atoms with Crippen molar-refractivity contribution in [1.29, 1.82) is 0 Å². The average Bonchev–Trinajstić information content (AvgIpc) is 3.54. The fraction of sp³-hybridized carbons (Fsp3) is 0.360. The molecule has 1 saturated heterocycles. The summed E-state index contributed by atoms with van der Waals surface area (Å²) in [5, 5.41) is 5.10. The quantitative estimate of drug-likeness (QED) is 0.367. The zero-order valence-corrected chi connectivity index (χ0v) is 20.0. The second kappa shape index (κ2) is 9.80. The highest BCUT2D eigenvalue weighted by Gasteiger charge is 2.30. The molecule has 0 spiro atoms. The summed E-state index contributed by atoms with van der Waals surface area (Å²) >= 11 is 1.68. The highest BCUT2D eigenvalue weighted by atomic mass is 32.1. The van der Waals surface area contributed by atoms with Crippen molar-refractivity contribution >= 4 is 27.5 Å². The van der Waals surface area contributed by atoms with Crippen LogP contribution >= 0.6 is 11.3 Å². The largest absolute Gasteiger partial charge is 0.493 e. The second-order valence-electron chi connectivity index (χ2n) is 8.20. The number of aryl methyl sites for hydroxylation is 1. The summed E-state index contributed by atoms with van der Waals surface area (Å²) < 4.78 is 17.2. The fourth-order valence-electron chi connectivity index (χ4n) is 4.33. The summed E-state index contributed by atoms with van der Waals surface area (Å²) in [6.45, 7) is 0.750. The summed E-state index contributed by atoms with van der Waals surface area (Å²) in [6, 6.07) is 13.6. The van der Waals surface area contributed by atoms with Gasteiger partial charge in [-0.2, -0.15) is 4.98 Å². The van der Waals surface area contributed by atoms with Gasteiger partial charge in [-0.15, -0.1) is 11.3 Å². The molecule has 1 fully saturated rings. The van der Waals surface area contributed by atoms with E-state index in [1.54, 1.807) is 37.7 Å². The molecule has 34 heavy (non-hydrogen) atoms. The van der Waals surface area contributed by atoms with Crippen molar-refractivity contribution in [1.82, 2.24) is 20.0 Å². The van der Waals surface area contributed by atoms with Crippen molar-refractivity contribution in [2.24, 2.45) is 0 Å². The lowest BCUT2D eigenvalue weighted by Crippen LogP contribution is -2.38. The number of hydrogen-bond acceptors (Lipinski definition) is 8. The molecule has 0 aliphatic carbocycles. The third kappa shape index (κ3) is 4.48. The van der Waals surface area contributed by atoms with Gasteiger partial charge in [0.1, 0.15) is 5.01 Å². The van der Waals surface area contributed by atoms with E-state index in [0.29, 0.717) is 36.1 Å². The van der Waals surface area contributed by atoms with Gasteiger partial charge in [-0.1, -0.05) is 17.3 Å². The molecule has 1 aliphatic heterocycles. The number of aromatic nitrogens is 3. The summed E-state index contributed by atoms with van der Waals surface area (Å²) in [6.07, 6.45) is 3.76. The predicted molar refractivity (Wildman–Crippen MR) is 129 cm³/mol. The number of piperidine rings is 1. The van der Waals surface area contributed by atoms with E-state index in [4.69, 9.17) is 19.0 Å². The molecular formula is C25H26N4O4S. The first-order valence-corrected chi connectivity index (χ1v) is 12.2. The van der Waals surface area contributed by atoms with E-state index < -0.39 is 0 Å². The lowest BCUT2D eigenvalue weighted by atomic mass is 10.0. The standard InChI is InChI=1S/C25H26N4O4S/c1-31-19-11-10-16(15-20(19)32-2)24-27-22(33-28-24)12-13-23(30)29-14-6-5-8-18(29)25-26-17-7-3-4-9-21(17)34-25/h3-4,7,9-11,15,18H,5-6,8,12-14H2,1-2H3/t18-/m1/s1. The molecular weight excluding hydrogens is 452 g/mol. The third-order valence-corrected chi connectivity index (χ3v) is 7.22. The van der Waals surface area contributed by atoms with E-state index in [-0.39, 0.29) is 11.9 Å². The maximum absolute atomic E-state index is 13.2. The number of benzene rings is 2. The van der Waals surface area contributed by atoms with Crippen LogP contribution in [0.2, 0.25) is 0 Å². The first kappa shape index (κ1) is 22.3. The van der Waals surface area contributed by atoms with Gasteiger partial charge in [0.25, 0.3) is 0 Å². The number of hydrogen-bond donors (Lipinski definition) is 0. The van der Waals surface area contributed by atoms with Gasteiger partial charge in [-0.3, -0.25) is 4.79 Å². The molecule has 1 atom stereocenters. The number of likely N-dealkylation sites (tertiary alicyclic amines) is 1. The van der Waals surface area contributed by atoms with Crippen LogP contribution in [0.5, 0.6) is 11.5 Å². The zero-order valence-electron chi connectivity index (χ0n) is 19.2. The van der Waals surface area contributed by atoms with E-state index in [1.165, 1.54) is 0 Å². The van der Waals surface area contributed by atoms with Crippen molar-refractivity contribution in [3.8, 4) is 22.9 Å². The monoisotopic (exact) mass is 478 g/mol. The number of methoxy groups -OCH3 is 2. The smallest absolute Gasteiger partial charge is 0.227 e. The van der Waals surface area contributed by atoms with Crippen LogP contribution in [0.4, 0.5) is 0 Å². The van der Waals surface area contributed by atoms with Crippen LogP contribution in [0.3, 0.4) is 0 Å². The Bertz CT molecular complexity index is 1270. The van der Waals surface area contributed by atoms with Crippen LogP contribution in [0.25, 0.3) is 21.6 Å². The van der Waals surface area contributed by atoms with Crippen molar-refractivity contribution in [3.63, 3.8) is 0 Å². The molecule has 9 heteroatoms. The molecule has 8 nitrogen and oxygen atoms in total.